The Kier molecular flexibility index (Phi) is 2.27. The van der Waals surface area contributed by atoms with E-state index >= 15 is 0 Å². The van der Waals surface area contributed by atoms with Crippen LogP contribution in [0.4, 0.5) is 0 Å². The summed E-state index contributed by atoms with van der Waals surface area (Å²) in [5, 5.41) is 9.22. The zero-order chi connectivity index (χ0) is 9.42. The molecule has 5 heteroatoms. The van der Waals surface area contributed by atoms with Crippen molar-refractivity contribution in [1.82, 2.24) is 4.98 Å². The van der Waals surface area contributed by atoms with Gasteiger partial charge in [-0.25, -0.2) is 4.98 Å². The Morgan fingerprint density at radius 3 is 3.00 bits per heavy atom. The fraction of sp³-hybridized carbons (Fsp3) is 0.125. The summed E-state index contributed by atoms with van der Waals surface area (Å²) >= 11 is 9.02. The zero-order valence-corrected chi connectivity index (χ0v) is 8.76. The molecule has 13 heavy (non-hydrogen) atoms. The topological polar surface area (TPSA) is 46.3 Å². The number of hydrogen-bond donors (Lipinski definition) is 1. The largest absolute Gasteiger partial charge is 0.456 e. The van der Waals surface area contributed by atoms with Crippen LogP contribution in [0.25, 0.3) is 11.1 Å². The molecule has 0 fully saturated rings. The van der Waals surface area contributed by atoms with Gasteiger partial charge in [0.1, 0.15) is 23.0 Å². The molecule has 0 aliphatic rings. The van der Waals surface area contributed by atoms with Crippen molar-refractivity contribution in [3.05, 3.63) is 27.5 Å². The van der Waals surface area contributed by atoms with E-state index in [0.29, 0.717) is 22.0 Å². The second-order valence-electron chi connectivity index (χ2n) is 2.51. The highest BCUT2D eigenvalue weighted by Gasteiger charge is 2.08. The number of furan rings is 1. The molecule has 2 aromatic rings. The number of halogens is 2. The van der Waals surface area contributed by atoms with Gasteiger partial charge in [-0.2, -0.15) is 0 Å². The minimum atomic E-state index is -0.138. The first-order valence-electron chi connectivity index (χ1n) is 3.56. The highest BCUT2D eigenvalue weighted by atomic mass is 79.9. The van der Waals surface area contributed by atoms with E-state index in [4.69, 9.17) is 21.1 Å². The van der Waals surface area contributed by atoms with Crippen LogP contribution in [0.2, 0.25) is 5.15 Å². The second-order valence-corrected chi connectivity index (χ2v) is 3.75. The molecule has 2 aromatic heterocycles. The summed E-state index contributed by atoms with van der Waals surface area (Å²) in [4.78, 5) is 4.04. The summed E-state index contributed by atoms with van der Waals surface area (Å²) in [5.74, 6) is 0.477. The maximum atomic E-state index is 8.83. The lowest BCUT2D eigenvalue weighted by Crippen LogP contribution is -1.75. The van der Waals surface area contributed by atoms with Gasteiger partial charge in [-0.05, 0) is 22.0 Å². The van der Waals surface area contributed by atoms with Gasteiger partial charge < -0.3 is 9.52 Å². The van der Waals surface area contributed by atoms with Crippen molar-refractivity contribution in [2.24, 2.45) is 0 Å². The lowest BCUT2D eigenvalue weighted by molar-refractivity contribution is 0.251. The Balaban J connectivity index is 2.75. The van der Waals surface area contributed by atoms with Crippen LogP contribution >= 0.6 is 27.5 Å². The minimum Gasteiger partial charge on any atom is -0.456 e. The Morgan fingerprint density at radius 2 is 2.31 bits per heavy atom. The number of hydrogen-bond acceptors (Lipinski definition) is 3. The van der Waals surface area contributed by atoms with Crippen molar-refractivity contribution in [3.8, 4) is 0 Å². The van der Waals surface area contributed by atoms with Gasteiger partial charge in [0.15, 0.2) is 5.58 Å². The first-order valence-corrected chi connectivity index (χ1v) is 4.73. The molecule has 2 rings (SSSR count). The van der Waals surface area contributed by atoms with E-state index < -0.39 is 0 Å². The number of aliphatic hydroxyl groups is 1. The van der Waals surface area contributed by atoms with Crippen LogP contribution < -0.4 is 0 Å². The molecule has 0 amide bonds. The summed E-state index contributed by atoms with van der Waals surface area (Å²) in [6.07, 6.45) is 0. The van der Waals surface area contributed by atoms with E-state index in [2.05, 4.69) is 20.9 Å². The lowest BCUT2D eigenvalue weighted by Gasteiger charge is -1.92. The summed E-state index contributed by atoms with van der Waals surface area (Å²) in [5.41, 5.74) is 1.25. The molecule has 0 aromatic carbocycles. The first kappa shape index (κ1) is 8.99. The average Bonchev–Trinajstić information content (AvgIpc) is 2.47. The van der Waals surface area contributed by atoms with Crippen LogP contribution in [0.5, 0.6) is 0 Å². The Morgan fingerprint density at radius 1 is 1.54 bits per heavy atom. The average molecular weight is 262 g/mol. The highest BCUT2D eigenvalue weighted by molar-refractivity contribution is 9.10. The lowest BCUT2D eigenvalue weighted by atomic mass is 10.4. The van der Waals surface area contributed by atoms with Crippen molar-refractivity contribution >= 4 is 38.6 Å². The summed E-state index contributed by atoms with van der Waals surface area (Å²) in [6.45, 7) is -0.138. The first-order chi connectivity index (χ1) is 6.20. The van der Waals surface area contributed by atoms with Crippen LogP contribution in [0.3, 0.4) is 0 Å². The summed E-state index contributed by atoms with van der Waals surface area (Å²) in [6, 6.07) is 3.31. The van der Waals surface area contributed by atoms with Crippen molar-refractivity contribution in [2.45, 2.75) is 6.61 Å². The maximum Gasteiger partial charge on any atom is 0.167 e. The van der Waals surface area contributed by atoms with Crippen molar-refractivity contribution in [1.29, 1.82) is 0 Å². The molecule has 68 valence electrons. The normalized spacial score (nSPS) is 11.0. The van der Waals surface area contributed by atoms with Crippen LogP contribution in [0, 0.1) is 0 Å². The molecule has 0 spiro atoms. The van der Waals surface area contributed by atoms with E-state index in [-0.39, 0.29) is 6.61 Å². The Bertz CT molecular complexity index is 455. The quantitative estimate of drug-likeness (QED) is 0.804. The van der Waals surface area contributed by atoms with Gasteiger partial charge in [0.2, 0.25) is 0 Å². The zero-order valence-electron chi connectivity index (χ0n) is 6.42. The third-order valence-corrected chi connectivity index (χ3v) is 2.39. The van der Waals surface area contributed by atoms with Crippen molar-refractivity contribution in [3.63, 3.8) is 0 Å². The molecule has 0 unspecified atom stereocenters. The molecule has 0 radical (unpaired) electrons. The fourth-order valence-electron chi connectivity index (χ4n) is 1.08. The second kappa shape index (κ2) is 3.29. The van der Waals surface area contributed by atoms with E-state index in [1.54, 1.807) is 12.1 Å². The molecule has 1 N–H and O–H groups in total. The highest BCUT2D eigenvalue weighted by Crippen LogP contribution is 2.28. The molecule has 3 nitrogen and oxygen atoms in total. The number of nitrogens with zero attached hydrogens (tertiary/aromatic N) is 1. The van der Waals surface area contributed by atoms with Gasteiger partial charge in [-0.3, -0.25) is 0 Å². The molecule has 0 saturated heterocycles. The third-order valence-electron chi connectivity index (χ3n) is 1.61. The van der Waals surface area contributed by atoms with Gasteiger partial charge >= 0.3 is 0 Å². The van der Waals surface area contributed by atoms with Crippen LogP contribution in [0.1, 0.15) is 5.76 Å². The van der Waals surface area contributed by atoms with Gasteiger partial charge in [-0.15, -0.1) is 0 Å². The predicted molar refractivity (Wildman–Crippen MR) is 52.6 cm³/mol. The smallest absolute Gasteiger partial charge is 0.167 e. The SMILES string of the molecule is OCc1cc2nc(Cl)cc(Br)c2o1. The minimum absolute atomic E-state index is 0.138. The Hall–Kier alpha value is -0.580. The van der Waals surface area contributed by atoms with Crippen molar-refractivity contribution in [2.75, 3.05) is 0 Å². The number of fused-ring (bicyclic) bond motifs is 1. The number of pyridine rings is 1. The molecule has 0 aliphatic carbocycles. The summed E-state index contributed by atoms with van der Waals surface area (Å²) in [7, 11) is 0. The monoisotopic (exact) mass is 261 g/mol. The van der Waals surface area contributed by atoms with E-state index in [1.165, 1.54) is 0 Å². The van der Waals surface area contributed by atoms with E-state index in [0.717, 1.165) is 4.47 Å². The van der Waals surface area contributed by atoms with Gasteiger partial charge in [0.05, 0.1) is 4.47 Å². The van der Waals surface area contributed by atoms with Gasteiger partial charge in [-0.1, -0.05) is 11.6 Å². The third kappa shape index (κ3) is 1.57. The van der Waals surface area contributed by atoms with Crippen molar-refractivity contribution < 1.29 is 9.52 Å². The predicted octanol–water partition coefficient (Wildman–Crippen LogP) is 2.74. The number of aliphatic hydroxyl groups excluding tert-OH is 1. The van der Waals surface area contributed by atoms with E-state index in [9.17, 15) is 0 Å². The van der Waals surface area contributed by atoms with E-state index in [1.807, 2.05) is 0 Å². The Labute approximate surface area is 87.5 Å². The van der Waals surface area contributed by atoms with Crippen LogP contribution in [0.15, 0.2) is 21.0 Å². The standard InChI is InChI=1S/C8H5BrClNO2/c9-5-2-7(10)11-6-1-4(3-12)13-8(5)6/h1-2,12H,3H2. The molecule has 0 aliphatic heterocycles. The maximum absolute atomic E-state index is 8.83. The van der Waals surface area contributed by atoms with Gasteiger partial charge in [0.25, 0.3) is 0 Å². The van der Waals surface area contributed by atoms with Crippen LogP contribution in [-0.2, 0) is 6.61 Å². The molecular weight excluding hydrogens is 257 g/mol. The summed E-state index contributed by atoms with van der Waals surface area (Å²) < 4.78 is 6.02. The number of rotatable bonds is 1. The molecule has 0 saturated carbocycles. The molecule has 2 heterocycles. The fourth-order valence-corrected chi connectivity index (χ4v) is 1.91. The van der Waals surface area contributed by atoms with Crippen LogP contribution in [-0.4, -0.2) is 10.1 Å². The number of aromatic nitrogens is 1. The molecular formula is C8H5BrClNO2. The van der Waals surface area contributed by atoms with Gasteiger partial charge in [0, 0.05) is 6.07 Å². The molecule has 0 bridgehead atoms. The molecule has 0 atom stereocenters.